The lowest BCUT2D eigenvalue weighted by Crippen LogP contribution is -2.55. The van der Waals surface area contributed by atoms with Gasteiger partial charge in [-0.1, -0.05) is 17.7 Å². The van der Waals surface area contributed by atoms with E-state index in [1.165, 1.54) is 12.1 Å². The van der Waals surface area contributed by atoms with E-state index in [2.05, 4.69) is 5.32 Å². The third kappa shape index (κ3) is 3.08. The van der Waals surface area contributed by atoms with E-state index in [0.29, 0.717) is 5.56 Å². The summed E-state index contributed by atoms with van der Waals surface area (Å²) in [5, 5.41) is 11.6. The van der Waals surface area contributed by atoms with Crippen LogP contribution in [0.3, 0.4) is 0 Å². The molecule has 20 heavy (non-hydrogen) atoms. The molecule has 1 aliphatic heterocycles. The number of hydrogen-bond donors (Lipinski definition) is 2. The van der Waals surface area contributed by atoms with E-state index in [1.54, 1.807) is 0 Å². The molecule has 0 aliphatic carbocycles. The Morgan fingerprint density at radius 1 is 1.50 bits per heavy atom. The van der Waals surface area contributed by atoms with E-state index in [-0.39, 0.29) is 31.1 Å². The second-order valence-corrected chi connectivity index (χ2v) is 5.07. The number of aliphatic carboxylic acids is 1. The molecule has 7 heteroatoms. The number of ether oxygens (including phenoxy) is 1. The van der Waals surface area contributed by atoms with Crippen molar-refractivity contribution in [2.75, 3.05) is 13.2 Å². The molecule has 1 amide bonds. The first kappa shape index (κ1) is 14.7. The molecule has 1 atom stereocenters. The van der Waals surface area contributed by atoms with Crippen molar-refractivity contribution in [1.29, 1.82) is 0 Å². The van der Waals surface area contributed by atoms with Crippen molar-refractivity contribution in [2.45, 2.75) is 18.4 Å². The average Bonchev–Trinajstić information content (AvgIpc) is 2.83. The molecule has 2 rings (SSSR count). The molecule has 0 radical (unpaired) electrons. The lowest BCUT2D eigenvalue weighted by atomic mass is 9.98. The van der Waals surface area contributed by atoms with E-state index in [4.69, 9.17) is 16.3 Å². The fourth-order valence-corrected chi connectivity index (χ4v) is 2.15. The first-order chi connectivity index (χ1) is 9.43. The Hall–Kier alpha value is -1.66. The van der Waals surface area contributed by atoms with Gasteiger partial charge in [-0.25, -0.2) is 9.18 Å². The van der Waals surface area contributed by atoms with Gasteiger partial charge in [-0.15, -0.1) is 0 Å². The molecule has 0 aromatic heterocycles. The van der Waals surface area contributed by atoms with Gasteiger partial charge in [0.05, 0.1) is 18.1 Å². The summed E-state index contributed by atoms with van der Waals surface area (Å²) in [6, 6.07) is 4.02. The zero-order chi connectivity index (χ0) is 14.8. The van der Waals surface area contributed by atoms with Crippen molar-refractivity contribution >= 4 is 23.5 Å². The number of carbonyl (C=O) groups excluding carboxylic acids is 1. The van der Waals surface area contributed by atoms with Gasteiger partial charge in [-0.2, -0.15) is 0 Å². The van der Waals surface area contributed by atoms with Crippen molar-refractivity contribution in [3.63, 3.8) is 0 Å². The van der Waals surface area contributed by atoms with Crippen LogP contribution in [0.25, 0.3) is 0 Å². The first-order valence-electron chi connectivity index (χ1n) is 5.99. The van der Waals surface area contributed by atoms with Crippen LogP contribution >= 0.6 is 11.6 Å². The average molecular weight is 302 g/mol. The van der Waals surface area contributed by atoms with Crippen LogP contribution in [0.2, 0.25) is 5.02 Å². The molecule has 1 aromatic carbocycles. The first-order valence-corrected chi connectivity index (χ1v) is 6.37. The number of halogens is 2. The summed E-state index contributed by atoms with van der Waals surface area (Å²) < 4.78 is 18.3. The normalized spacial score (nSPS) is 21.7. The highest BCUT2D eigenvalue weighted by molar-refractivity contribution is 6.30. The van der Waals surface area contributed by atoms with Gasteiger partial charge in [0.1, 0.15) is 5.82 Å². The molecule has 1 aromatic rings. The maximum Gasteiger partial charge on any atom is 0.331 e. The number of benzene rings is 1. The van der Waals surface area contributed by atoms with E-state index < -0.39 is 23.2 Å². The molecule has 1 heterocycles. The number of nitrogens with one attached hydrogen (secondary N) is 1. The standard InChI is InChI=1S/C13H13ClFNO4/c14-9-2-1-8(5-10(9)15)6-11(17)16-13(12(18)19)3-4-20-7-13/h1-2,5H,3-4,6-7H2,(H,16,17)(H,18,19). The Balaban J connectivity index is 2.04. The molecule has 1 fully saturated rings. The van der Waals surface area contributed by atoms with Gasteiger partial charge in [-0.05, 0) is 17.7 Å². The predicted octanol–water partition coefficient (Wildman–Crippen LogP) is 1.38. The Bertz CT molecular complexity index is 543. The summed E-state index contributed by atoms with van der Waals surface area (Å²) in [6.45, 7) is 0.213. The van der Waals surface area contributed by atoms with Crippen molar-refractivity contribution in [3.05, 3.63) is 34.6 Å². The van der Waals surface area contributed by atoms with E-state index in [1.807, 2.05) is 0 Å². The number of carboxylic acids is 1. The zero-order valence-corrected chi connectivity index (χ0v) is 11.2. The van der Waals surface area contributed by atoms with Crippen molar-refractivity contribution in [2.24, 2.45) is 0 Å². The van der Waals surface area contributed by atoms with Gasteiger partial charge < -0.3 is 15.2 Å². The largest absolute Gasteiger partial charge is 0.479 e. The second-order valence-electron chi connectivity index (χ2n) is 4.66. The predicted molar refractivity (Wildman–Crippen MR) is 69.1 cm³/mol. The molecular weight excluding hydrogens is 289 g/mol. The molecule has 1 unspecified atom stereocenters. The third-order valence-electron chi connectivity index (χ3n) is 3.16. The maximum absolute atomic E-state index is 13.3. The van der Waals surface area contributed by atoms with Gasteiger partial charge in [0.25, 0.3) is 0 Å². The smallest absolute Gasteiger partial charge is 0.331 e. The highest BCUT2D eigenvalue weighted by Crippen LogP contribution is 2.20. The minimum absolute atomic E-state index is 0.0274. The van der Waals surface area contributed by atoms with Crippen LogP contribution in [0.5, 0.6) is 0 Å². The summed E-state index contributed by atoms with van der Waals surface area (Å²) in [6.07, 6.45) is 0.0895. The molecule has 5 nitrogen and oxygen atoms in total. The van der Waals surface area contributed by atoms with Crippen LogP contribution in [0.15, 0.2) is 18.2 Å². The molecule has 0 bridgehead atoms. The summed E-state index contributed by atoms with van der Waals surface area (Å²) in [4.78, 5) is 23.1. The second kappa shape index (κ2) is 5.76. The van der Waals surface area contributed by atoms with Gasteiger partial charge in [0.2, 0.25) is 5.91 Å². The summed E-state index contributed by atoms with van der Waals surface area (Å²) >= 11 is 5.55. The highest BCUT2D eigenvalue weighted by Gasteiger charge is 2.43. The number of rotatable bonds is 4. The van der Waals surface area contributed by atoms with Crippen LogP contribution in [0.1, 0.15) is 12.0 Å². The monoisotopic (exact) mass is 301 g/mol. The SMILES string of the molecule is O=C(Cc1ccc(Cl)c(F)c1)NC1(C(=O)O)CCOC1. The van der Waals surface area contributed by atoms with Crippen molar-refractivity contribution < 1.29 is 23.8 Å². The Morgan fingerprint density at radius 3 is 2.80 bits per heavy atom. The number of carboxylic acid groups (broad SMARTS) is 1. The van der Waals surface area contributed by atoms with Crippen LogP contribution in [-0.4, -0.2) is 35.7 Å². The van der Waals surface area contributed by atoms with Crippen LogP contribution in [-0.2, 0) is 20.7 Å². The fraction of sp³-hybridized carbons (Fsp3) is 0.385. The summed E-state index contributed by atoms with van der Waals surface area (Å²) in [5.41, 5.74) is -0.967. The Kier molecular flexibility index (Phi) is 4.25. The quantitative estimate of drug-likeness (QED) is 0.881. The van der Waals surface area contributed by atoms with Crippen LogP contribution in [0.4, 0.5) is 4.39 Å². The molecular formula is C13H13ClFNO4. The minimum Gasteiger partial charge on any atom is -0.479 e. The topological polar surface area (TPSA) is 75.6 Å². The van der Waals surface area contributed by atoms with Gasteiger partial charge >= 0.3 is 5.97 Å². The minimum atomic E-state index is -1.39. The van der Waals surface area contributed by atoms with Gasteiger partial charge in [-0.3, -0.25) is 4.79 Å². The molecule has 0 spiro atoms. The molecule has 108 valence electrons. The van der Waals surface area contributed by atoms with Gasteiger partial charge in [0, 0.05) is 13.0 Å². The number of carbonyl (C=O) groups is 2. The highest BCUT2D eigenvalue weighted by atomic mass is 35.5. The summed E-state index contributed by atoms with van der Waals surface area (Å²) in [5.74, 6) is -2.25. The van der Waals surface area contributed by atoms with Gasteiger partial charge in [0.15, 0.2) is 5.54 Å². The van der Waals surface area contributed by atoms with Crippen molar-refractivity contribution in [3.8, 4) is 0 Å². The third-order valence-corrected chi connectivity index (χ3v) is 3.46. The zero-order valence-electron chi connectivity index (χ0n) is 10.5. The summed E-state index contributed by atoms with van der Waals surface area (Å²) in [7, 11) is 0. The Labute approximate surface area is 119 Å². The lowest BCUT2D eigenvalue weighted by molar-refractivity contribution is -0.147. The number of hydrogen-bond acceptors (Lipinski definition) is 3. The fourth-order valence-electron chi connectivity index (χ4n) is 2.03. The molecule has 2 N–H and O–H groups in total. The molecule has 1 saturated heterocycles. The van der Waals surface area contributed by atoms with Crippen LogP contribution in [0, 0.1) is 5.82 Å². The van der Waals surface area contributed by atoms with E-state index >= 15 is 0 Å². The van der Waals surface area contributed by atoms with Crippen LogP contribution < -0.4 is 5.32 Å². The van der Waals surface area contributed by atoms with E-state index in [0.717, 1.165) is 6.07 Å². The van der Waals surface area contributed by atoms with Crippen molar-refractivity contribution in [1.82, 2.24) is 5.32 Å². The molecule has 0 saturated carbocycles. The Morgan fingerprint density at radius 2 is 2.25 bits per heavy atom. The van der Waals surface area contributed by atoms with E-state index in [9.17, 15) is 19.1 Å². The molecule has 1 aliphatic rings. The maximum atomic E-state index is 13.3. The number of amides is 1. The lowest BCUT2D eigenvalue weighted by Gasteiger charge is -2.23.